The minimum Gasteiger partial charge on any atom is -0.301 e. The number of rotatable bonds is 5. The van der Waals surface area contributed by atoms with Crippen LogP contribution in [0.15, 0.2) is 48.9 Å². The third-order valence-corrected chi connectivity index (χ3v) is 6.85. The van der Waals surface area contributed by atoms with E-state index in [1.165, 1.54) is 6.07 Å². The first-order valence-corrected chi connectivity index (χ1v) is 11.2. The van der Waals surface area contributed by atoms with Crippen LogP contribution in [0.3, 0.4) is 0 Å². The van der Waals surface area contributed by atoms with Gasteiger partial charge in [0.2, 0.25) is 5.95 Å². The zero-order valence-corrected chi connectivity index (χ0v) is 17.5. The summed E-state index contributed by atoms with van der Waals surface area (Å²) in [5, 5.41) is 3.77. The van der Waals surface area contributed by atoms with Gasteiger partial charge in [0.15, 0.2) is 0 Å². The second-order valence-corrected chi connectivity index (χ2v) is 9.31. The highest BCUT2D eigenvalue weighted by Crippen LogP contribution is 2.40. The Morgan fingerprint density at radius 2 is 2.24 bits per heavy atom. The number of nitrogens with one attached hydrogen (secondary N) is 1. The third kappa shape index (κ3) is 4.16. The molecule has 7 heteroatoms. The number of aromatic nitrogens is 2. The quantitative estimate of drug-likeness (QED) is 0.762. The molecule has 1 N–H and O–H groups in total. The monoisotopic (exact) mass is 412 g/mol. The van der Waals surface area contributed by atoms with Gasteiger partial charge in [-0.3, -0.25) is 9.29 Å². The smallest absolute Gasteiger partial charge is 0.213 e. The van der Waals surface area contributed by atoms with E-state index in [9.17, 15) is 8.60 Å². The first-order valence-electron chi connectivity index (χ1n) is 9.87. The molecule has 0 fully saturated rings. The summed E-state index contributed by atoms with van der Waals surface area (Å²) < 4.78 is 27.6. The predicted octanol–water partition coefficient (Wildman–Crippen LogP) is 3.64. The Bertz CT molecular complexity index is 992. The van der Waals surface area contributed by atoms with Crippen LogP contribution in [0.5, 0.6) is 0 Å². The van der Waals surface area contributed by atoms with Gasteiger partial charge < -0.3 is 5.32 Å². The molecule has 0 amide bonds. The zero-order chi connectivity index (χ0) is 20.4. The van der Waals surface area contributed by atoms with E-state index in [4.69, 9.17) is 0 Å². The van der Waals surface area contributed by atoms with Gasteiger partial charge in [0.25, 0.3) is 0 Å². The van der Waals surface area contributed by atoms with Crippen molar-refractivity contribution in [3.8, 4) is 0 Å². The Morgan fingerprint density at radius 1 is 1.38 bits per heavy atom. The first kappa shape index (κ1) is 19.9. The fraction of sp³-hybridized carbons (Fsp3) is 0.364. The third-order valence-electron chi connectivity index (χ3n) is 5.52. The van der Waals surface area contributed by atoms with Crippen LogP contribution in [-0.2, 0) is 16.5 Å². The Morgan fingerprint density at radius 3 is 2.97 bits per heavy atom. The molecular formula is C22H25FN4OS. The van der Waals surface area contributed by atoms with Gasteiger partial charge in [0, 0.05) is 42.5 Å². The molecular weight excluding hydrogens is 387 g/mol. The molecule has 0 saturated carbocycles. The second-order valence-electron chi connectivity index (χ2n) is 7.62. The van der Waals surface area contributed by atoms with Crippen LogP contribution < -0.4 is 5.32 Å². The van der Waals surface area contributed by atoms with Crippen molar-refractivity contribution in [3.05, 3.63) is 71.7 Å². The lowest BCUT2D eigenvalue weighted by molar-refractivity contribution is 0.317. The van der Waals surface area contributed by atoms with E-state index < -0.39 is 16.9 Å². The fourth-order valence-electron chi connectivity index (χ4n) is 4.09. The van der Waals surface area contributed by atoms with Gasteiger partial charge in [0.1, 0.15) is 11.0 Å². The number of fused-ring (bicyclic) bond motifs is 1. The Hall–Kier alpha value is -2.38. The molecule has 2 aliphatic rings. The summed E-state index contributed by atoms with van der Waals surface area (Å²) in [6, 6.07) is 7.04. The standard InChI is InChI=1S/C22H25FN4OS/c1-3-29(28)27-11-8-18(9-12-27)26-22(2)14-17(20-5-4-6-21(23)25-20)13-16-7-10-24-15-19(16)22/h4-8,10-11,13,15,18,26H,3,9,12,14H2,1-2H3. The molecule has 29 heavy (non-hydrogen) atoms. The topological polar surface area (TPSA) is 58.1 Å². The number of pyridine rings is 2. The first-order chi connectivity index (χ1) is 14.0. The molecule has 3 atom stereocenters. The molecule has 0 bridgehead atoms. The molecule has 2 aromatic rings. The van der Waals surface area contributed by atoms with Crippen molar-refractivity contribution in [2.45, 2.75) is 38.3 Å². The molecule has 0 saturated heterocycles. The van der Waals surface area contributed by atoms with E-state index in [2.05, 4.69) is 34.4 Å². The van der Waals surface area contributed by atoms with Crippen molar-refractivity contribution >= 4 is 22.6 Å². The largest absolute Gasteiger partial charge is 0.301 e. The van der Waals surface area contributed by atoms with Crippen molar-refractivity contribution in [1.29, 1.82) is 0 Å². The average Bonchev–Trinajstić information content (AvgIpc) is 2.73. The highest BCUT2D eigenvalue weighted by Gasteiger charge is 2.36. The normalized spacial score (nSPS) is 24.7. The van der Waals surface area contributed by atoms with Crippen molar-refractivity contribution < 1.29 is 8.60 Å². The van der Waals surface area contributed by atoms with E-state index in [0.29, 0.717) is 17.9 Å². The van der Waals surface area contributed by atoms with Gasteiger partial charge in [-0.05, 0) is 60.7 Å². The van der Waals surface area contributed by atoms with Crippen molar-refractivity contribution in [2.24, 2.45) is 0 Å². The fourth-order valence-corrected chi connectivity index (χ4v) is 4.94. The number of nitrogens with zero attached hydrogens (tertiary/aromatic N) is 3. The van der Waals surface area contributed by atoms with E-state index in [0.717, 1.165) is 29.7 Å². The molecule has 5 nitrogen and oxygen atoms in total. The van der Waals surface area contributed by atoms with Gasteiger partial charge in [-0.1, -0.05) is 19.1 Å². The molecule has 2 aromatic heterocycles. The summed E-state index contributed by atoms with van der Waals surface area (Å²) >= 11 is 0. The highest BCUT2D eigenvalue weighted by molar-refractivity contribution is 7.82. The summed E-state index contributed by atoms with van der Waals surface area (Å²) in [5.74, 6) is 0.145. The van der Waals surface area contributed by atoms with Crippen LogP contribution in [0.4, 0.5) is 4.39 Å². The summed E-state index contributed by atoms with van der Waals surface area (Å²) in [6.45, 7) is 4.83. The van der Waals surface area contributed by atoms with Crippen LogP contribution in [0.2, 0.25) is 0 Å². The summed E-state index contributed by atoms with van der Waals surface area (Å²) in [4.78, 5) is 8.42. The molecule has 152 valence electrons. The summed E-state index contributed by atoms with van der Waals surface area (Å²) in [7, 11) is -0.959. The average molecular weight is 413 g/mol. The molecule has 1 aliphatic carbocycles. The lowest BCUT2D eigenvalue weighted by atomic mass is 9.77. The number of halogens is 1. The molecule has 1 aliphatic heterocycles. The molecule has 3 heterocycles. The van der Waals surface area contributed by atoms with Crippen LogP contribution >= 0.6 is 0 Å². The predicted molar refractivity (Wildman–Crippen MR) is 114 cm³/mol. The maximum atomic E-state index is 13.7. The highest BCUT2D eigenvalue weighted by atomic mass is 32.2. The maximum absolute atomic E-state index is 13.7. The summed E-state index contributed by atoms with van der Waals surface area (Å²) in [6.07, 6.45) is 11.3. The maximum Gasteiger partial charge on any atom is 0.213 e. The summed E-state index contributed by atoms with van der Waals surface area (Å²) in [5.41, 5.74) is 3.46. The van der Waals surface area contributed by atoms with Crippen LogP contribution in [0.25, 0.3) is 11.6 Å². The lowest BCUT2D eigenvalue weighted by Crippen LogP contribution is -2.48. The molecule has 4 rings (SSSR count). The van der Waals surface area contributed by atoms with Gasteiger partial charge in [0.05, 0.1) is 5.69 Å². The minimum atomic E-state index is -0.959. The Labute approximate surface area is 173 Å². The molecule has 3 unspecified atom stereocenters. The van der Waals surface area contributed by atoms with E-state index >= 15 is 0 Å². The lowest BCUT2D eigenvalue weighted by Gasteiger charge is -2.40. The van der Waals surface area contributed by atoms with Gasteiger partial charge in [-0.15, -0.1) is 0 Å². The number of hydrogen-bond donors (Lipinski definition) is 1. The number of hydrogen-bond acceptors (Lipinski definition) is 4. The zero-order valence-electron chi connectivity index (χ0n) is 16.6. The molecule has 0 radical (unpaired) electrons. The second kappa shape index (κ2) is 8.16. The van der Waals surface area contributed by atoms with Crippen LogP contribution in [0, 0.1) is 5.95 Å². The molecule has 0 spiro atoms. The van der Waals surface area contributed by atoms with E-state index in [1.807, 2.05) is 35.8 Å². The Kier molecular flexibility index (Phi) is 5.61. The minimum absolute atomic E-state index is 0.151. The van der Waals surface area contributed by atoms with Gasteiger partial charge in [-0.2, -0.15) is 4.39 Å². The van der Waals surface area contributed by atoms with Gasteiger partial charge >= 0.3 is 0 Å². The van der Waals surface area contributed by atoms with Crippen molar-refractivity contribution in [3.63, 3.8) is 0 Å². The van der Waals surface area contributed by atoms with Crippen molar-refractivity contribution in [1.82, 2.24) is 19.6 Å². The van der Waals surface area contributed by atoms with Crippen LogP contribution in [0.1, 0.15) is 43.5 Å². The van der Waals surface area contributed by atoms with E-state index in [-0.39, 0.29) is 11.6 Å². The van der Waals surface area contributed by atoms with Crippen molar-refractivity contribution in [2.75, 3.05) is 12.3 Å². The van der Waals surface area contributed by atoms with E-state index in [1.54, 1.807) is 12.3 Å². The molecule has 0 aromatic carbocycles. The Balaban J connectivity index is 1.63. The van der Waals surface area contributed by atoms with Crippen LogP contribution in [-0.4, -0.2) is 36.8 Å². The van der Waals surface area contributed by atoms with Gasteiger partial charge in [-0.25, -0.2) is 9.19 Å². The SMILES string of the molecule is CCS(=O)N1C=CC(NC2(C)CC(c3cccc(F)n3)=Cc3ccncc32)CC1.